The summed E-state index contributed by atoms with van der Waals surface area (Å²) in [6, 6.07) is 0.151. The van der Waals surface area contributed by atoms with Crippen molar-refractivity contribution in [2.45, 2.75) is 32.7 Å². The van der Waals surface area contributed by atoms with Gasteiger partial charge >= 0.3 is 0 Å². The van der Waals surface area contributed by atoms with Gasteiger partial charge in [-0.05, 0) is 33.2 Å². The first-order valence-electron chi connectivity index (χ1n) is 6.09. The van der Waals surface area contributed by atoms with Crippen LogP contribution in [-0.2, 0) is 0 Å². The van der Waals surface area contributed by atoms with Gasteiger partial charge in [0.1, 0.15) is 5.69 Å². The Hall–Kier alpha value is -0.870. The molecule has 2 heterocycles. The molecule has 1 atom stereocenters. The first kappa shape index (κ1) is 12.6. The van der Waals surface area contributed by atoms with Gasteiger partial charge in [0.15, 0.2) is 5.78 Å². The van der Waals surface area contributed by atoms with Gasteiger partial charge in [0, 0.05) is 18.5 Å². The summed E-state index contributed by atoms with van der Waals surface area (Å²) in [6.07, 6.45) is 3.54. The number of rotatable bonds is 3. The first-order valence-corrected chi connectivity index (χ1v) is 6.47. The second-order valence-corrected chi connectivity index (χ2v) is 5.19. The van der Waals surface area contributed by atoms with Crippen LogP contribution in [0.2, 0.25) is 5.02 Å². The van der Waals surface area contributed by atoms with E-state index in [1.165, 1.54) is 0 Å². The van der Waals surface area contributed by atoms with E-state index in [4.69, 9.17) is 11.6 Å². The van der Waals surface area contributed by atoms with Crippen molar-refractivity contribution in [2.75, 3.05) is 13.1 Å². The van der Waals surface area contributed by atoms with Crippen molar-refractivity contribution in [3.8, 4) is 0 Å². The smallest absolute Gasteiger partial charge is 0.186 e. The van der Waals surface area contributed by atoms with E-state index in [9.17, 15) is 4.79 Å². The third-order valence-electron chi connectivity index (χ3n) is 3.14. The molecular formula is C12H18ClN3O. The summed E-state index contributed by atoms with van der Waals surface area (Å²) >= 11 is 6.08. The molecule has 1 aliphatic rings. The lowest BCUT2D eigenvalue weighted by atomic mass is 9.93. The summed E-state index contributed by atoms with van der Waals surface area (Å²) in [4.78, 5) is 12.4. The normalized spacial score (nSPS) is 20.8. The van der Waals surface area contributed by atoms with E-state index in [0.717, 1.165) is 25.9 Å². The fourth-order valence-electron chi connectivity index (χ4n) is 2.23. The minimum absolute atomic E-state index is 0.0375. The van der Waals surface area contributed by atoms with Crippen LogP contribution in [0.5, 0.6) is 0 Å². The van der Waals surface area contributed by atoms with Gasteiger partial charge in [-0.1, -0.05) is 11.6 Å². The molecule has 1 N–H and O–H groups in total. The fraction of sp³-hybridized carbons (Fsp3) is 0.667. The van der Waals surface area contributed by atoms with Crippen LogP contribution < -0.4 is 5.32 Å². The first-order chi connectivity index (χ1) is 8.11. The highest BCUT2D eigenvalue weighted by atomic mass is 35.5. The highest BCUT2D eigenvalue weighted by Gasteiger charge is 2.27. The molecule has 0 saturated carbocycles. The summed E-state index contributed by atoms with van der Waals surface area (Å²) in [5.41, 5.74) is 0.565. The van der Waals surface area contributed by atoms with Crippen molar-refractivity contribution in [2.24, 2.45) is 5.92 Å². The molecule has 2 rings (SSSR count). The average molecular weight is 256 g/mol. The minimum Gasteiger partial charge on any atom is -0.316 e. The second kappa shape index (κ2) is 5.19. The van der Waals surface area contributed by atoms with Gasteiger partial charge in [0.2, 0.25) is 0 Å². The molecular weight excluding hydrogens is 238 g/mol. The minimum atomic E-state index is 0.0375. The Morgan fingerprint density at radius 3 is 3.00 bits per heavy atom. The number of Topliss-reactive ketones (excluding diaryl/α,β-unsaturated/α-hetero) is 1. The van der Waals surface area contributed by atoms with Crippen molar-refractivity contribution in [3.05, 3.63) is 16.9 Å². The number of piperidine rings is 1. The lowest BCUT2D eigenvalue weighted by Gasteiger charge is -2.22. The molecule has 4 nitrogen and oxygen atoms in total. The van der Waals surface area contributed by atoms with Crippen molar-refractivity contribution < 1.29 is 4.79 Å². The Labute approximate surface area is 106 Å². The Kier molecular flexibility index (Phi) is 3.84. The number of hydrogen-bond acceptors (Lipinski definition) is 3. The molecule has 0 spiro atoms. The quantitative estimate of drug-likeness (QED) is 0.843. The Morgan fingerprint density at radius 2 is 2.41 bits per heavy atom. The van der Waals surface area contributed by atoms with E-state index >= 15 is 0 Å². The van der Waals surface area contributed by atoms with Crippen molar-refractivity contribution >= 4 is 17.4 Å². The molecule has 0 aliphatic carbocycles. The molecule has 1 fully saturated rings. The summed E-state index contributed by atoms with van der Waals surface area (Å²) in [5, 5.41) is 7.89. The molecule has 1 saturated heterocycles. The van der Waals surface area contributed by atoms with E-state index in [1.807, 2.05) is 13.8 Å². The third-order valence-corrected chi connectivity index (χ3v) is 3.42. The molecule has 1 aliphatic heterocycles. The van der Waals surface area contributed by atoms with Crippen LogP contribution >= 0.6 is 11.6 Å². The van der Waals surface area contributed by atoms with Crippen LogP contribution in [0.4, 0.5) is 0 Å². The number of ketones is 1. The lowest BCUT2D eigenvalue weighted by molar-refractivity contribution is 0.0886. The van der Waals surface area contributed by atoms with Gasteiger partial charge in [0.25, 0.3) is 0 Å². The maximum atomic E-state index is 12.4. The van der Waals surface area contributed by atoms with E-state index in [0.29, 0.717) is 10.7 Å². The number of nitrogens with zero attached hydrogens (tertiary/aromatic N) is 2. The van der Waals surface area contributed by atoms with E-state index in [-0.39, 0.29) is 17.7 Å². The summed E-state index contributed by atoms with van der Waals surface area (Å²) in [7, 11) is 0. The number of carbonyl (C=O) groups is 1. The largest absolute Gasteiger partial charge is 0.316 e. The zero-order valence-corrected chi connectivity index (χ0v) is 11.0. The Morgan fingerprint density at radius 1 is 1.65 bits per heavy atom. The van der Waals surface area contributed by atoms with E-state index < -0.39 is 0 Å². The zero-order chi connectivity index (χ0) is 12.4. The van der Waals surface area contributed by atoms with Crippen LogP contribution in [0, 0.1) is 5.92 Å². The van der Waals surface area contributed by atoms with Crippen molar-refractivity contribution in [1.29, 1.82) is 0 Å². The molecule has 17 heavy (non-hydrogen) atoms. The van der Waals surface area contributed by atoms with Crippen LogP contribution in [-0.4, -0.2) is 28.7 Å². The van der Waals surface area contributed by atoms with E-state index in [1.54, 1.807) is 10.9 Å². The molecule has 94 valence electrons. The molecule has 1 aromatic rings. The standard InChI is InChI=1S/C12H18ClN3O/c1-8(2)16-11(10(13)7-15-16)12(17)9-4-3-5-14-6-9/h7-9,14H,3-6H2,1-2H3. The number of hydrogen-bond donors (Lipinski definition) is 1. The van der Waals surface area contributed by atoms with Crippen molar-refractivity contribution in [1.82, 2.24) is 15.1 Å². The zero-order valence-electron chi connectivity index (χ0n) is 10.2. The SMILES string of the molecule is CC(C)n1ncc(Cl)c1C(=O)C1CCCNC1. The number of halogens is 1. The molecule has 1 unspecified atom stereocenters. The van der Waals surface area contributed by atoms with Gasteiger partial charge in [-0.25, -0.2) is 0 Å². The Bertz CT molecular complexity index is 408. The predicted molar refractivity (Wildman–Crippen MR) is 67.5 cm³/mol. The number of carbonyl (C=O) groups excluding carboxylic acids is 1. The lowest BCUT2D eigenvalue weighted by Crippen LogP contribution is -2.35. The maximum absolute atomic E-state index is 12.4. The van der Waals surface area contributed by atoms with Crippen LogP contribution in [0.25, 0.3) is 0 Å². The highest BCUT2D eigenvalue weighted by Crippen LogP contribution is 2.24. The highest BCUT2D eigenvalue weighted by molar-refractivity contribution is 6.33. The number of nitrogens with one attached hydrogen (secondary N) is 1. The summed E-state index contributed by atoms with van der Waals surface area (Å²) in [6.45, 7) is 5.75. The molecule has 5 heteroatoms. The topological polar surface area (TPSA) is 46.9 Å². The maximum Gasteiger partial charge on any atom is 0.186 e. The second-order valence-electron chi connectivity index (χ2n) is 4.79. The molecule has 0 bridgehead atoms. The van der Waals surface area contributed by atoms with Crippen LogP contribution in [0.3, 0.4) is 0 Å². The molecule has 0 aromatic carbocycles. The van der Waals surface area contributed by atoms with Gasteiger partial charge in [-0.3, -0.25) is 9.48 Å². The average Bonchev–Trinajstić information content (AvgIpc) is 2.71. The fourth-order valence-corrected chi connectivity index (χ4v) is 2.46. The summed E-state index contributed by atoms with van der Waals surface area (Å²) < 4.78 is 1.72. The Balaban J connectivity index is 2.26. The monoisotopic (exact) mass is 255 g/mol. The third kappa shape index (κ3) is 2.53. The van der Waals surface area contributed by atoms with Crippen LogP contribution in [0.1, 0.15) is 43.2 Å². The van der Waals surface area contributed by atoms with Gasteiger partial charge in [-0.15, -0.1) is 0 Å². The molecule has 0 amide bonds. The molecule has 0 radical (unpaired) electrons. The predicted octanol–water partition coefficient (Wildman–Crippen LogP) is 2.30. The van der Waals surface area contributed by atoms with Gasteiger partial charge in [-0.2, -0.15) is 5.10 Å². The van der Waals surface area contributed by atoms with Gasteiger partial charge in [0.05, 0.1) is 11.2 Å². The number of aromatic nitrogens is 2. The van der Waals surface area contributed by atoms with E-state index in [2.05, 4.69) is 10.4 Å². The molecule has 1 aromatic heterocycles. The summed E-state index contributed by atoms with van der Waals surface area (Å²) in [5.74, 6) is 0.156. The van der Waals surface area contributed by atoms with Crippen LogP contribution in [0.15, 0.2) is 6.20 Å². The van der Waals surface area contributed by atoms with Crippen molar-refractivity contribution in [3.63, 3.8) is 0 Å². The van der Waals surface area contributed by atoms with Gasteiger partial charge < -0.3 is 5.32 Å².